The van der Waals surface area contributed by atoms with Crippen molar-refractivity contribution >= 4 is 22.5 Å². The first-order chi connectivity index (χ1) is 8.56. The van der Waals surface area contributed by atoms with Crippen molar-refractivity contribution in [1.82, 2.24) is 10.3 Å². The summed E-state index contributed by atoms with van der Waals surface area (Å²) in [5.41, 5.74) is -0.703. The van der Waals surface area contributed by atoms with E-state index in [1.165, 1.54) is 31.4 Å². The van der Waals surface area contributed by atoms with E-state index in [1.54, 1.807) is 0 Å². The number of aromatic nitrogens is 1. The van der Waals surface area contributed by atoms with Gasteiger partial charge in [0.15, 0.2) is 0 Å². The molecule has 0 aliphatic rings. The minimum atomic E-state index is -0.585. The average molecular weight is 247 g/mol. The third kappa shape index (κ3) is 1.71. The second kappa shape index (κ2) is 4.28. The fraction of sp³-hybridized carbons (Fsp3) is 0.0909. The van der Waals surface area contributed by atoms with Gasteiger partial charge < -0.3 is 10.3 Å². The number of fused-ring (bicyclic) bond motifs is 1. The number of benzene rings is 1. The Hall–Kier alpha value is -2.70. The van der Waals surface area contributed by atoms with Gasteiger partial charge in [-0.05, 0) is 6.07 Å². The van der Waals surface area contributed by atoms with Crippen molar-refractivity contribution in [1.29, 1.82) is 0 Å². The number of nitrogens with one attached hydrogen (secondary N) is 2. The number of carbonyl (C=O) groups is 1. The highest BCUT2D eigenvalue weighted by Crippen LogP contribution is 2.20. The van der Waals surface area contributed by atoms with Gasteiger partial charge in [0.25, 0.3) is 11.6 Å². The largest absolute Gasteiger partial charge is 0.355 e. The van der Waals surface area contributed by atoms with Gasteiger partial charge >= 0.3 is 0 Å². The van der Waals surface area contributed by atoms with Gasteiger partial charge in [-0.1, -0.05) is 6.07 Å². The van der Waals surface area contributed by atoms with E-state index in [0.717, 1.165) is 0 Å². The van der Waals surface area contributed by atoms with Crippen LogP contribution in [0.2, 0.25) is 0 Å². The Kier molecular flexibility index (Phi) is 2.80. The summed E-state index contributed by atoms with van der Waals surface area (Å²) < 4.78 is 0. The van der Waals surface area contributed by atoms with Crippen LogP contribution in [0, 0.1) is 10.1 Å². The number of aromatic amines is 1. The molecule has 0 bridgehead atoms. The zero-order valence-electron chi connectivity index (χ0n) is 9.39. The zero-order chi connectivity index (χ0) is 13.3. The van der Waals surface area contributed by atoms with Crippen LogP contribution >= 0.6 is 0 Å². The fourth-order valence-electron chi connectivity index (χ4n) is 1.69. The molecule has 1 aromatic carbocycles. The summed E-state index contributed by atoms with van der Waals surface area (Å²) in [6.45, 7) is 0. The van der Waals surface area contributed by atoms with Gasteiger partial charge in [-0.3, -0.25) is 19.7 Å². The number of pyridine rings is 1. The van der Waals surface area contributed by atoms with Gasteiger partial charge in [0.05, 0.1) is 10.3 Å². The molecule has 2 aromatic rings. The molecule has 1 amide bonds. The quantitative estimate of drug-likeness (QED) is 0.604. The predicted octanol–water partition coefficient (Wildman–Crippen LogP) is 0.796. The van der Waals surface area contributed by atoms with Crippen LogP contribution in [0.25, 0.3) is 10.9 Å². The number of non-ortho nitro benzene ring substituents is 1. The minimum absolute atomic E-state index is 0.0782. The monoisotopic (exact) mass is 247 g/mol. The number of nitrogens with zero attached hydrogens (tertiary/aromatic N) is 1. The van der Waals surface area contributed by atoms with Crippen molar-refractivity contribution in [3.05, 3.63) is 50.3 Å². The molecule has 2 rings (SSSR count). The van der Waals surface area contributed by atoms with Crippen molar-refractivity contribution in [2.24, 2.45) is 0 Å². The second-order valence-corrected chi connectivity index (χ2v) is 3.57. The number of hydrogen-bond donors (Lipinski definition) is 2. The zero-order valence-corrected chi connectivity index (χ0v) is 9.39. The minimum Gasteiger partial charge on any atom is -0.355 e. The van der Waals surface area contributed by atoms with Crippen molar-refractivity contribution in [2.45, 2.75) is 0 Å². The standard InChI is InChI=1S/C11H9N3O4/c1-12-11(16)7-5-13-9-6(10(7)15)3-2-4-8(9)14(17)18/h2-5H,1H3,(H,12,16)(H,13,15). The Morgan fingerprint density at radius 3 is 2.78 bits per heavy atom. The first kappa shape index (κ1) is 11.8. The third-order valence-corrected chi connectivity index (χ3v) is 2.56. The van der Waals surface area contributed by atoms with Crippen LogP contribution in [0.15, 0.2) is 29.2 Å². The first-order valence-electron chi connectivity index (χ1n) is 5.07. The molecule has 18 heavy (non-hydrogen) atoms. The van der Waals surface area contributed by atoms with Gasteiger partial charge in [0.2, 0.25) is 5.43 Å². The molecule has 92 valence electrons. The van der Waals surface area contributed by atoms with E-state index in [0.29, 0.717) is 0 Å². The number of hydrogen-bond acceptors (Lipinski definition) is 4. The molecule has 0 saturated carbocycles. The lowest BCUT2D eigenvalue weighted by atomic mass is 10.1. The number of nitro groups is 1. The summed E-state index contributed by atoms with van der Waals surface area (Å²) >= 11 is 0. The maximum absolute atomic E-state index is 12.0. The van der Waals surface area contributed by atoms with Crippen LogP contribution in [-0.4, -0.2) is 22.9 Å². The molecule has 0 spiro atoms. The molecular weight excluding hydrogens is 238 g/mol. The number of para-hydroxylation sites is 1. The summed E-state index contributed by atoms with van der Waals surface area (Å²) in [6.07, 6.45) is 1.18. The van der Waals surface area contributed by atoms with Gasteiger partial charge in [-0.25, -0.2) is 0 Å². The Balaban J connectivity index is 2.82. The van der Waals surface area contributed by atoms with Gasteiger partial charge in [0, 0.05) is 19.3 Å². The number of H-pyrrole nitrogens is 1. The number of nitro benzene ring substituents is 1. The van der Waals surface area contributed by atoms with Gasteiger partial charge in [-0.15, -0.1) is 0 Å². The van der Waals surface area contributed by atoms with Gasteiger partial charge in [-0.2, -0.15) is 0 Å². The summed E-state index contributed by atoms with van der Waals surface area (Å²) in [5, 5.41) is 13.3. The highest BCUT2D eigenvalue weighted by molar-refractivity contribution is 5.98. The molecular formula is C11H9N3O4. The summed E-state index contributed by atoms with van der Waals surface area (Å²) in [6, 6.07) is 4.13. The van der Waals surface area contributed by atoms with Crippen LogP contribution in [0.3, 0.4) is 0 Å². The molecule has 0 atom stereocenters. The lowest BCUT2D eigenvalue weighted by Gasteiger charge is -2.02. The van der Waals surface area contributed by atoms with E-state index in [1.807, 2.05) is 0 Å². The second-order valence-electron chi connectivity index (χ2n) is 3.57. The maximum Gasteiger partial charge on any atom is 0.293 e. The molecule has 0 aliphatic heterocycles. The van der Waals surface area contributed by atoms with Crippen LogP contribution in [0.4, 0.5) is 5.69 Å². The number of amides is 1. The Labute approximate surface area is 101 Å². The molecule has 1 heterocycles. The fourth-order valence-corrected chi connectivity index (χ4v) is 1.69. The highest BCUT2D eigenvalue weighted by atomic mass is 16.6. The molecule has 0 aliphatic carbocycles. The molecule has 0 radical (unpaired) electrons. The van der Waals surface area contributed by atoms with Crippen LogP contribution < -0.4 is 10.7 Å². The predicted molar refractivity (Wildman–Crippen MR) is 64.6 cm³/mol. The van der Waals surface area contributed by atoms with Crippen LogP contribution in [0.5, 0.6) is 0 Å². The topological polar surface area (TPSA) is 105 Å². The van der Waals surface area contributed by atoms with E-state index in [-0.39, 0.29) is 22.2 Å². The molecule has 0 fully saturated rings. The van der Waals surface area contributed by atoms with Crippen molar-refractivity contribution in [3.8, 4) is 0 Å². The Bertz CT molecular complexity index is 705. The maximum atomic E-state index is 12.0. The Morgan fingerprint density at radius 2 is 2.17 bits per heavy atom. The number of carbonyl (C=O) groups excluding carboxylic acids is 1. The molecule has 0 saturated heterocycles. The van der Waals surface area contributed by atoms with E-state index >= 15 is 0 Å². The smallest absolute Gasteiger partial charge is 0.293 e. The Morgan fingerprint density at radius 1 is 1.44 bits per heavy atom. The van der Waals surface area contributed by atoms with Crippen LogP contribution in [0.1, 0.15) is 10.4 Å². The van der Waals surface area contributed by atoms with E-state index in [4.69, 9.17) is 0 Å². The van der Waals surface area contributed by atoms with E-state index in [2.05, 4.69) is 10.3 Å². The van der Waals surface area contributed by atoms with Crippen LogP contribution in [-0.2, 0) is 0 Å². The lowest BCUT2D eigenvalue weighted by molar-refractivity contribution is -0.383. The molecule has 1 aromatic heterocycles. The van der Waals surface area contributed by atoms with E-state index < -0.39 is 16.3 Å². The normalized spacial score (nSPS) is 10.3. The summed E-state index contributed by atoms with van der Waals surface area (Å²) in [4.78, 5) is 36.3. The molecule has 0 unspecified atom stereocenters. The van der Waals surface area contributed by atoms with E-state index in [9.17, 15) is 19.7 Å². The van der Waals surface area contributed by atoms with Crippen molar-refractivity contribution in [3.63, 3.8) is 0 Å². The average Bonchev–Trinajstić information content (AvgIpc) is 2.37. The molecule has 7 heteroatoms. The molecule has 2 N–H and O–H groups in total. The summed E-state index contributed by atoms with van der Waals surface area (Å²) in [5.74, 6) is -0.537. The van der Waals surface area contributed by atoms with Crippen molar-refractivity contribution < 1.29 is 9.72 Å². The SMILES string of the molecule is CNC(=O)c1c[nH]c2c([N+](=O)[O-])cccc2c1=O. The molecule has 7 nitrogen and oxygen atoms in total. The number of rotatable bonds is 2. The summed E-state index contributed by atoms with van der Waals surface area (Å²) in [7, 11) is 1.40. The van der Waals surface area contributed by atoms with Crippen molar-refractivity contribution in [2.75, 3.05) is 7.05 Å². The first-order valence-corrected chi connectivity index (χ1v) is 5.07. The lowest BCUT2D eigenvalue weighted by Crippen LogP contribution is -2.25. The third-order valence-electron chi connectivity index (χ3n) is 2.56. The highest BCUT2D eigenvalue weighted by Gasteiger charge is 2.17. The van der Waals surface area contributed by atoms with Gasteiger partial charge in [0.1, 0.15) is 11.1 Å².